The number of hydrogen-bond donors (Lipinski definition) is 1. The van der Waals surface area contributed by atoms with Gasteiger partial charge in [-0.2, -0.15) is 0 Å². The number of halogens is 1. The summed E-state index contributed by atoms with van der Waals surface area (Å²) < 4.78 is 12.2. The van der Waals surface area contributed by atoms with Crippen molar-refractivity contribution in [1.29, 1.82) is 0 Å². The maximum atomic E-state index is 11.2. The SMILES string of the molecule is COc1ccc(Br)cc1C(c1ccco1)N1CCC(C(=O)O)CC1. The lowest BCUT2D eigenvalue weighted by Crippen LogP contribution is -2.39. The fourth-order valence-electron chi connectivity index (χ4n) is 3.30. The zero-order valence-corrected chi connectivity index (χ0v) is 15.0. The van der Waals surface area contributed by atoms with Gasteiger partial charge in [0.15, 0.2) is 0 Å². The zero-order chi connectivity index (χ0) is 17.1. The van der Waals surface area contributed by atoms with E-state index in [0.717, 1.165) is 21.5 Å². The van der Waals surface area contributed by atoms with Crippen molar-refractivity contribution in [2.45, 2.75) is 18.9 Å². The number of furan rings is 1. The molecule has 0 aliphatic carbocycles. The molecular weight excluding hydrogens is 374 g/mol. The van der Waals surface area contributed by atoms with E-state index >= 15 is 0 Å². The van der Waals surface area contributed by atoms with E-state index in [9.17, 15) is 9.90 Å². The molecular formula is C18H20BrNO4. The number of hydrogen-bond acceptors (Lipinski definition) is 4. The molecule has 5 nitrogen and oxygen atoms in total. The molecule has 3 rings (SSSR count). The number of aliphatic carboxylic acids is 1. The topological polar surface area (TPSA) is 62.9 Å². The predicted octanol–water partition coefficient (Wildman–Crippen LogP) is 3.94. The second kappa shape index (κ2) is 7.40. The van der Waals surface area contributed by atoms with Crippen molar-refractivity contribution in [2.75, 3.05) is 20.2 Å². The lowest BCUT2D eigenvalue weighted by Gasteiger charge is -2.36. The van der Waals surface area contributed by atoms with Crippen LogP contribution in [-0.2, 0) is 4.79 Å². The fourth-order valence-corrected chi connectivity index (χ4v) is 3.68. The van der Waals surface area contributed by atoms with Crippen molar-refractivity contribution in [3.8, 4) is 5.75 Å². The summed E-state index contributed by atoms with van der Waals surface area (Å²) >= 11 is 3.53. The largest absolute Gasteiger partial charge is 0.496 e. The quantitative estimate of drug-likeness (QED) is 0.833. The first-order valence-electron chi connectivity index (χ1n) is 7.94. The van der Waals surface area contributed by atoms with Crippen LogP contribution < -0.4 is 4.74 Å². The lowest BCUT2D eigenvalue weighted by molar-refractivity contribution is -0.143. The first kappa shape index (κ1) is 17.0. The standard InChI is InChI=1S/C18H20BrNO4/c1-23-15-5-4-13(19)11-14(15)17(16-3-2-10-24-16)20-8-6-12(7-9-20)18(21)22/h2-5,10-12,17H,6-9H2,1H3,(H,21,22). The van der Waals surface area contributed by atoms with E-state index in [-0.39, 0.29) is 12.0 Å². The highest BCUT2D eigenvalue weighted by Gasteiger charge is 2.33. The van der Waals surface area contributed by atoms with Gasteiger partial charge in [-0.25, -0.2) is 0 Å². The van der Waals surface area contributed by atoms with Gasteiger partial charge in [-0.1, -0.05) is 15.9 Å². The molecule has 128 valence electrons. The Balaban J connectivity index is 1.94. The van der Waals surface area contributed by atoms with Crippen molar-refractivity contribution < 1.29 is 19.1 Å². The summed E-state index contributed by atoms with van der Waals surface area (Å²) in [7, 11) is 1.66. The number of ether oxygens (including phenoxy) is 1. The Morgan fingerprint density at radius 2 is 2.12 bits per heavy atom. The number of carboxylic acids is 1. The van der Waals surface area contributed by atoms with Crippen molar-refractivity contribution in [3.05, 3.63) is 52.4 Å². The van der Waals surface area contributed by atoms with E-state index in [1.165, 1.54) is 0 Å². The minimum atomic E-state index is -0.704. The molecule has 1 N–H and O–H groups in total. The summed E-state index contributed by atoms with van der Waals surface area (Å²) in [6.45, 7) is 1.41. The van der Waals surface area contributed by atoms with E-state index in [0.29, 0.717) is 25.9 Å². The van der Waals surface area contributed by atoms with Crippen LogP contribution in [-0.4, -0.2) is 36.2 Å². The average Bonchev–Trinajstić information content (AvgIpc) is 3.10. The number of rotatable bonds is 5. The van der Waals surface area contributed by atoms with Gasteiger partial charge < -0.3 is 14.3 Å². The molecule has 1 atom stereocenters. The van der Waals surface area contributed by atoms with Crippen LogP contribution in [0.3, 0.4) is 0 Å². The van der Waals surface area contributed by atoms with E-state index in [4.69, 9.17) is 9.15 Å². The zero-order valence-electron chi connectivity index (χ0n) is 13.4. The highest BCUT2D eigenvalue weighted by atomic mass is 79.9. The maximum Gasteiger partial charge on any atom is 0.306 e. The highest BCUT2D eigenvalue weighted by molar-refractivity contribution is 9.10. The lowest BCUT2D eigenvalue weighted by atomic mass is 9.93. The molecule has 24 heavy (non-hydrogen) atoms. The molecule has 1 saturated heterocycles. The number of likely N-dealkylation sites (tertiary alicyclic amines) is 1. The smallest absolute Gasteiger partial charge is 0.306 e. The number of carbonyl (C=O) groups is 1. The highest BCUT2D eigenvalue weighted by Crippen LogP contribution is 2.38. The molecule has 0 spiro atoms. The van der Waals surface area contributed by atoms with Crippen molar-refractivity contribution in [3.63, 3.8) is 0 Å². The average molecular weight is 394 g/mol. The van der Waals surface area contributed by atoms with Crippen LogP contribution in [0.5, 0.6) is 5.75 Å². The van der Waals surface area contributed by atoms with Gasteiger partial charge in [0.05, 0.1) is 25.3 Å². The van der Waals surface area contributed by atoms with Gasteiger partial charge >= 0.3 is 5.97 Å². The molecule has 0 amide bonds. The molecule has 1 aliphatic rings. The molecule has 1 aliphatic heterocycles. The first-order chi connectivity index (χ1) is 11.6. The fraction of sp³-hybridized carbons (Fsp3) is 0.389. The Kier molecular flexibility index (Phi) is 5.26. The normalized spacial score (nSPS) is 17.6. The van der Waals surface area contributed by atoms with Crippen LogP contribution in [0.25, 0.3) is 0 Å². The van der Waals surface area contributed by atoms with Crippen LogP contribution in [0.4, 0.5) is 0 Å². The number of benzene rings is 1. The third-order valence-corrected chi connectivity index (χ3v) is 5.04. The van der Waals surface area contributed by atoms with Gasteiger partial charge in [0.1, 0.15) is 11.5 Å². The third-order valence-electron chi connectivity index (χ3n) is 4.54. The molecule has 2 heterocycles. The first-order valence-corrected chi connectivity index (χ1v) is 8.73. The van der Waals surface area contributed by atoms with Gasteiger partial charge in [-0.05, 0) is 43.2 Å². The van der Waals surface area contributed by atoms with Crippen LogP contribution in [0.2, 0.25) is 0 Å². The van der Waals surface area contributed by atoms with Crippen LogP contribution in [0.1, 0.15) is 30.2 Å². The molecule has 1 unspecified atom stereocenters. The van der Waals surface area contributed by atoms with Crippen molar-refractivity contribution >= 4 is 21.9 Å². The Morgan fingerprint density at radius 1 is 1.38 bits per heavy atom. The van der Waals surface area contributed by atoms with Crippen molar-refractivity contribution in [2.24, 2.45) is 5.92 Å². The minimum Gasteiger partial charge on any atom is -0.496 e. The van der Waals surface area contributed by atoms with E-state index in [1.807, 2.05) is 30.3 Å². The Bertz CT molecular complexity index is 693. The predicted molar refractivity (Wildman–Crippen MR) is 93.2 cm³/mol. The van der Waals surface area contributed by atoms with E-state index in [2.05, 4.69) is 20.8 Å². The van der Waals surface area contributed by atoms with Gasteiger partial charge in [0.25, 0.3) is 0 Å². The minimum absolute atomic E-state index is 0.0952. The molecule has 6 heteroatoms. The van der Waals surface area contributed by atoms with Gasteiger partial charge in [0.2, 0.25) is 0 Å². The van der Waals surface area contributed by atoms with Gasteiger partial charge in [-0.3, -0.25) is 9.69 Å². The molecule has 2 aromatic rings. The van der Waals surface area contributed by atoms with Gasteiger partial charge in [-0.15, -0.1) is 0 Å². The number of carboxylic acid groups (broad SMARTS) is 1. The molecule has 0 radical (unpaired) electrons. The monoisotopic (exact) mass is 393 g/mol. The number of piperidine rings is 1. The Labute approximate surface area is 149 Å². The summed E-state index contributed by atoms with van der Waals surface area (Å²) in [4.78, 5) is 13.5. The molecule has 1 fully saturated rings. The molecule has 1 aromatic carbocycles. The Morgan fingerprint density at radius 3 is 2.71 bits per heavy atom. The van der Waals surface area contributed by atoms with Crippen LogP contribution >= 0.6 is 15.9 Å². The van der Waals surface area contributed by atoms with Crippen molar-refractivity contribution in [1.82, 2.24) is 4.90 Å². The van der Waals surface area contributed by atoms with E-state index in [1.54, 1.807) is 13.4 Å². The third kappa shape index (κ3) is 3.49. The Hall–Kier alpha value is -1.79. The summed E-state index contributed by atoms with van der Waals surface area (Å²) in [5.41, 5.74) is 1.01. The summed E-state index contributed by atoms with van der Waals surface area (Å²) in [6, 6.07) is 9.64. The number of methoxy groups -OCH3 is 1. The van der Waals surface area contributed by atoms with E-state index < -0.39 is 5.97 Å². The van der Waals surface area contributed by atoms with Gasteiger partial charge in [0, 0.05) is 23.1 Å². The second-order valence-corrected chi connectivity index (χ2v) is 6.87. The molecule has 0 saturated carbocycles. The van der Waals surface area contributed by atoms with Crippen LogP contribution in [0, 0.1) is 5.92 Å². The maximum absolute atomic E-state index is 11.2. The van der Waals surface area contributed by atoms with Crippen LogP contribution in [0.15, 0.2) is 45.5 Å². The number of nitrogens with zero attached hydrogens (tertiary/aromatic N) is 1. The summed E-state index contributed by atoms with van der Waals surface area (Å²) in [5.74, 6) is 0.660. The molecule has 1 aromatic heterocycles. The summed E-state index contributed by atoms with van der Waals surface area (Å²) in [6.07, 6.45) is 2.95. The molecule has 0 bridgehead atoms. The summed E-state index contributed by atoms with van der Waals surface area (Å²) in [5, 5.41) is 9.22. The second-order valence-electron chi connectivity index (χ2n) is 5.95.